The molecule has 0 aliphatic carbocycles. The zero-order valence-corrected chi connectivity index (χ0v) is 8.97. The highest BCUT2D eigenvalue weighted by Crippen LogP contribution is 2.37. The van der Waals surface area contributed by atoms with E-state index in [-0.39, 0.29) is 18.0 Å². The molecule has 2 aliphatic heterocycles. The van der Waals surface area contributed by atoms with Crippen molar-refractivity contribution in [3.05, 3.63) is 30.1 Å². The Balaban J connectivity index is 1.94. The van der Waals surface area contributed by atoms with Crippen molar-refractivity contribution >= 4 is 5.69 Å². The first kappa shape index (κ1) is 10.1. The van der Waals surface area contributed by atoms with E-state index in [1.807, 2.05) is 6.07 Å². The van der Waals surface area contributed by atoms with E-state index in [0.717, 1.165) is 18.7 Å². The molecule has 0 amide bonds. The molecule has 2 saturated heterocycles. The number of rotatable bonds is 2. The summed E-state index contributed by atoms with van der Waals surface area (Å²) < 4.78 is 18.8. The van der Waals surface area contributed by atoms with Crippen molar-refractivity contribution in [3.63, 3.8) is 0 Å². The van der Waals surface area contributed by atoms with Gasteiger partial charge in [0.15, 0.2) is 0 Å². The highest BCUT2D eigenvalue weighted by Gasteiger charge is 2.46. The minimum absolute atomic E-state index is 0.195. The third-order valence-corrected chi connectivity index (χ3v) is 3.53. The van der Waals surface area contributed by atoms with E-state index in [0.29, 0.717) is 12.6 Å². The van der Waals surface area contributed by atoms with Crippen LogP contribution in [0.4, 0.5) is 10.1 Å². The maximum absolute atomic E-state index is 13.2. The first-order valence-corrected chi connectivity index (χ1v) is 5.65. The van der Waals surface area contributed by atoms with Gasteiger partial charge in [-0.05, 0) is 24.6 Å². The summed E-state index contributed by atoms with van der Waals surface area (Å²) in [5.74, 6) is -0.197. The summed E-state index contributed by atoms with van der Waals surface area (Å²) in [6, 6.07) is 7.27. The topological polar surface area (TPSA) is 38.5 Å². The van der Waals surface area contributed by atoms with Crippen molar-refractivity contribution in [2.24, 2.45) is 5.73 Å². The molecule has 2 N–H and O–H groups in total. The zero-order valence-electron chi connectivity index (χ0n) is 8.97. The molecule has 3 rings (SSSR count). The van der Waals surface area contributed by atoms with E-state index in [4.69, 9.17) is 10.5 Å². The minimum atomic E-state index is -0.197. The van der Waals surface area contributed by atoms with Crippen molar-refractivity contribution < 1.29 is 9.13 Å². The number of hydrogen-bond donors (Lipinski definition) is 1. The van der Waals surface area contributed by atoms with Crippen molar-refractivity contribution in [2.45, 2.75) is 24.6 Å². The Labute approximate surface area is 94.0 Å². The molecule has 0 aromatic heterocycles. The number of morpholine rings is 1. The molecular weight excluding hydrogens is 207 g/mol. The molecule has 2 aliphatic rings. The van der Waals surface area contributed by atoms with E-state index >= 15 is 0 Å². The van der Waals surface area contributed by atoms with Gasteiger partial charge in [0, 0.05) is 12.2 Å². The van der Waals surface area contributed by atoms with E-state index < -0.39 is 0 Å². The van der Waals surface area contributed by atoms with Crippen LogP contribution in [0.25, 0.3) is 0 Å². The highest BCUT2D eigenvalue weighted by atomic mass is 19.1. The molecule has 4 heteroatoms. The molecule has 0 radical (unpaired) electrons. The summed E-state index contributed by atoms with van der Waals surface area (Å²) >= 11 is 0. The van der Waals surface area contributed by atoms with Crippen LogP contribution in [0.5, 0.6) is 0 Å². The van der Waals surface area contributed by atoms with Crippen LogP contribution in [0.3, 0.4) is 0 Å². The van der Waals surface area contributed by atoms with Crippen molar-refractivity contribution in [1.82, 2.24) is 0 Å². The lowest BCUT2D eigenvalue weighted by atomic mass is 10.1. The number of fused-ring (bicyclic) bond motifs is 2. The number of halogens is 1. The fraction of sp³-hybridized carbons (Fsp3) is 0.500. The molecule has 3 unspecified atom stereocenters. The molecule has 2 bridgehead atoms. The molecule has 86 valence electrons. The van der Waals surface area contributed by atoms with Crippen LogP contribution in [-0.2, 0) is 4.74 Å². The summed E-state index contributed by atoms with van der Waals surface area (Å²) in [4.78, 5) is 2.22. The van der Waals surface area contributed by atoms with Crippen LogP contribution in [0.1, 0.15) is 6.42 Å². The molecule has 3 atom stereocenters. The zero-order chi connectivity index (χ0) is 11.1. The normalized spacial score (nSPS) is 32.4. The Kier molecular flexibility index (Phi) is 2.33. The van der Waals surface area contributed by atoms with Gasteiger partial charge < -0.3 is 15.4 Å². The van der Waals surface area contributed by atoms with Gasteiger partial charge in [-0.3, -0.25) is 0 Å². The molecule has 2 fully saturated rings. The predicted octanol–water partition coefficient (Wildman–Crippen LogP) is 1.13. The summed E-state index contributed by atoms with van der Waals surface area (Å²) in [7, 11) is 0. The standard InChI is InChI=1S/C12H15FN2O/c13-8-2-1-3-9(4-8)15-10-5-12(16-7-10)11(15)6-14/h1-4,10-12H,5-7,14H2. The second kappa shape index (κ2) is 3.71. The Morgan fingerprint density at radius 1 is 1.50 bits per heavy atom. The first-order valence-electron chi connectivity index (χ1n) is 5.65. The third kappa shape index (κ3) is 1.41. The molecule has 0 saturated carbocycles. The summed E-state index contributed by atoms with van der Waals surface area (Å²) in [6.45, 7) is 1.29. The van der Waals surface area contributed by atoms with E-state index in [1.165, 1.54) is 6.07 Å². The number of nitrogens with zero attached hydrogens (tertiary/aromatic N) is 1. The van der Waals surface area contributed by atoms with Crippen LogP contribution in [0.2, 0.25) is 0 Å². The fourth-order valence-corrected chi connectivity index (χ4v) is 2.86. The van der Waals surface area contributed by atoms with Gasteiger partial charge in [-0.1, -0.05) is 6.07 Å². The van der Waals surface area contributed by atoms with E-state index in [9.17, 15) is 4.39 Å². The van der Waals surface area contributed by atoms with Crippen molar-refractivity contribution in [3.8, 4) is 0 Å². The lowest BCUT2D eigenvalue weighted by molar-refractivity contribution is 0.0720. The van der Waals surface area contributed by atoms with Crippen LogP contribution >= 0.6 is 0 Å². The Morgan fingerprint density at radius 3 is 3.12 bits per heavy atom. The van der Waals surface area contributed by atoms with Gasteiger partial charge in [0.25, 0.3) is 0 Å². The van der Waals surface area contributed by atoms with E-state index in [2.05, 4.69) is 4.90 Å². The minimum Gasteiger partial charge on any atom is -0.374 e. The smallest absolute Gasteiger partial charge is 0.125 e. The maximum Gasteiger partial charge on any atom is 0.125 e. The van der Waals surface area contributed by atoms with Crippen LogP contribution in [-0.4, -0.2) is 31.3 Å². The quantitative estimate of drug-likeness (QED) is 0.815. The van der Waals surface area contributed by atoms with Crippen LogP contribution in [0.15, 0.2) is 24.3 Å². The fourth-order valence-electron chi connectivity index (χ4n) is 2.86. The second-order valence-corrected chi connectivity index (χ2v) is 4.45. The average molecular weight is 222 g/mol. The van der Waals surface area contributed by atoms with E-state index in [1.54, 1.807) is 12.1 Å². The number of benzene rings is 1. The molecule has 3 nitrogen and oxygen atoms in total. The molecule has 2 heterocycles. The SMILES string of the molecule is NCC1C2CC(CO2)N1c1cccc(F)c1. The maximum atomic E-state index is 13.2. The molecular formula is C12H15FN2O. The van der Waals surface area contributed by atoms with Crippen LogP contribution < -0.4 is 10.6 Å². The summed E-state index contributed by atoms with van der Waals surface area (Å²) in [6.07, 6.45) is 1.23. The monoisotopic (exact) mass is 222 g/mol. The van der Waals surface area contributed by atoms with Crippen molar-refractivity contribution in [2.75, 3.05) is 18.1 Å². The molecule has 1 aromatic rings. The highest BCUT2D eigenvalue weighted by molar-refractivity contribution is 5.51. The Morgan fingerprint density at radius 2 is 2.38 bits per heavy atom. The van der Waals surface area contributed by atoms with Gasteiger partial charge in [-0.25, -0.2) is 4.39 Å². The van der Waals surface area contributed by atoms with Crippen molar-refractivity contribution in [1.29, 1.82) is 0 Å². The van der Waals surface area contributed by atoms with Gasteiger partial charge in [0.1, 0.15) is 5.82 Å². The number of anilines is 1. The number of nitrogens with two attached hydrogens (primary N) is 1. The van der Waals surface area contributed by atoms with Gasteiger partial charge >= 0.3 is 0 Å². The van der Waals surface area contributed by atoms with Gasteiger partial charge in [0.2, 0.25) is 0 Å². The van der Waals surface area contributed by atoms with Gasteiger partial charge in [-0.15, -0.1) is 0 Å². The Bertz CT molecular complexity index is 398. The second-order valence-electron chi connectivity index (χ2n) is 4.45. The molecule has 0 spiro atoms. The largest absolute Gasteiger partial charge is 0.374 e. The Hall–Kier alpha value is -1.13. The summed E-state index contributed by atoms with van der Waals surface area (Å²) in [5, 5.41) is 0. The van der Waals surface area contributed by atoms with Gasteiger partial charge in [-0.2, -0.15) is 0 Å². The lowest BCUT2D eigenvalue weighted by Gasteiger charge is -2.36. The number of hydrogen-bond acceptors (Lipinski definition) is 3. The lowest BCUT2D eigenvalue weighted by Crippen LogP contribution is -2.49. The molecule has 16 heavy (non-hydrogen) atoms. The third-order valence-electron chi connectivity index (χ3n) is 3.53. The van der Waals surface area contributed by atoms with Gasteiger partial charge in [0.05, 0.1) is 24.8 Å². The van der Waals surface area contributed by atoms with Crippen LogP contribution in [0, 0.1) is 5.82 Å². The molecule has 1 aromatic carbocycles. The first-order chi connectivity index (χ1) is 7.79. The number of ether oxygens (including phenoxy) is 1. The predicted molar refractivity (Wildman–Crippen MR) is 59.9 cm³/mol. The summed E-state index contributed by atoms with van der Waals surface area (Å²) in [5.41, 5.74) is 6.69. The average Bonchev–Trinajstić information content (AvgIpc) is 2.88.